The van der Waals surface area contributed by atoms with Crippen LogP contribution in [-0.4, -0.2) is 24.0 Å². The van der Waals surface area contributed by atoms with Crippen LogP contribution >= 0.6 is 11.3 Å². The topological polar surface area (TPSA) is 68.3 Å². The fourth-order valence-electron chi connectivity index (χ4n) is 2.44. The molecule has 0 saturated carbocycles. The highest BCUT2D eigenvalue weighted by Gasteiger charge is 2.22. The van der Waals surface area contributed by atoms with Crippen LogP contribution in [0.1, 0.15) is 15.9 Å². The van der Waals surface area contributed by atoms with Gasteiger partial charge in [0.15, 0.2) is 0 Å². The number of rotatable bonds is 5. The molecule has 0 aliphatic rings. The van der Waals surface area contributed by atoms with Crippen LogP contribution in [0.4, 0.5) is 5.00 Å². The second-order valence-electron chi connectivity index (χ2n) is 5.30. The van der Waals surface area contributed by atoms with Gasteiger partial charge in [0.1, 0.15) is 10.6 Å². The molecular formula is C19H16N2O3S. The summed E-state index contributed by atoms with van der Waals surface area (Å²) in [6.07, 6.45) is 3.49. The first-order valence-corrected chi connectivity index (χ1v) is 8.51. The Morgan fingerprint density at radius 2 is 1.96 bits per heavy atom. The maximum absolute atomic E-state index is 12.3. The van der Waals surface area contributed by atoms with E-state index >= 15 is 0 Å². The maximum atomic E-state index is 12.3. The zero-order chi connectivity index (χ0) is 17.6. The molecule has 3 rings (SSSR count). The fourth-order valence-corrected chi connectivity index (χ4v) is 3.42. The van der Waals surface area contributed by atoms with Crippen molar-refractivity contribution in [2.24, 2.45) is 0 Å². The Bertz CT molecular complexity index is 876. The van der Waals surface area contributed by atoms with E-state index in [2.05, 4.69) is 10.3 Å². The Morgan fingerprint density at radius 1 is 1.16 bits per heavy atom. The number of thiophene rings is 1. The third kappa shape index (κ3) is 3.92. The highest BCUT2D eigenvalue weighted by molar-refractivity contribution is 7.15. The third-order valence-electron chi connectivity index (χ3n) is 3.61. The Hall–Kier alpha value is -2.99. The number of methoxy groups -OCH3 is 1. The Kier molecular flexibility index (Phi) is 5.20. The Labute approximate surface area is 149 Å². The van der Waals surface area contributed by atoms with Gasteiger partial charge < -0.3 is 10.1 Å². The molecule has 0 radical (unpaired) electrons. The number of benzene rings is 1. The smallest absolute Gasteiger partial charge is 0.341 e. The van der Waals surface area contributed by atoms with Crippen LogP contribution in [-0.2, 0) is 16.0 Å². The van der Waals surface area contributed by atoms with Gasteiger partial charge in [-0.1, -0.05) is 36.4 Å². The standard InChI is InChI=1S/C19H16N2O3S/c1-24-19(23)17-15(14-7-3-2-4-8-14)12-25-18(17)21-16(22)10-13-6-5-9-20-11-13/h2-9,11-12H,10H2,1H3,(H,21,22). The van der Waals surface area contributed by atoms with Crippen LogP contribution in [0.2, 0.25) is 0 Å². The first kappa shape index (κ1) is 16.9. The minimum atomic E-state index is -0.475. The van der Waals surface area contributed by atoms with Gasteiger partial charge in [0.25, 0.3) is 0 Å². The molecule has 0 bridgehead atoms. The van der Waals surface area contributed by atoms with Gasteiger partial charge in [0, 0.05) is 23.3 Å². The first-order valence-electron chi connectivity index (χ1n) is 7.63. The van der Waals surface area contributed by atoms with Crippen molar-refractivity contribution in [2.75, 3.05) is 12.4 Å². The molecule has 5 nitrogen and oxygen atoms in total. The second-order valence-corrected chi connectivity index (χ2v) is 6.18. The van der Waals surface area contributed by atoms with E-state index in [0.29, 0.717) is 10.6 Å². The lowest BCUT2D eigenvalue weighted by atomic mass is 10.0. The van der Waals surface area contributed by atoms with E-state index in [4.69, 9.17) is 4.74 Å². The van der Waals surface area contributed by atoms with E-state index in [1.807, 2.05) is 41.8 Å². The molecule has 0 atom stereocenters. The van der Waals surface area contributed by atoms with Crippen molar-refractivity contribution in [1.29, 1.82) is 0 Å². The number of carbonyl (C=O) groups is 2. The quantitative estimate of drug-likeness (QED) is 0.710. The zero-order valence-electron chi connectivity index (χ0n) is 13.6. The van der Waals surface area contributed by atoms with Gasteiger partial charge in [-0.2, -0.15) is 0 Å². The molecule has 0 aliphatic heterocycles. The summed E-state index contributed by atoms with van der Waals surface area (Å²) < 4.78 is 4.90. The van der Waals surface area contributed by atoms with Gasteiger partial charge in [-0.15, -0.1) is 11.3 Å². The largest absolute Gasteiger partial charge is 0.465 e. The van der Waals surface area contributed by atoms with Crippen LogP contribution in [0.15, 0.2) is 60.2 Å². The SMILES string of the molecule is COC(=O)c1c(-c2ccccc2)csc1NC(=O)Cc1cccnc1. The summed E-state index contributed by atoms with van der Waals surface area (Å²) in [5, 5.41) is 5.15. The molecule has 0 spiro atoms. The van der Waals surface area contributed by atoms with Gasteiger partial charge in [-0.3, -0.25) is 9.78 Å². The Balaban J connectivity index is 1.87. The predicted octanol–water partition coefficient (Wildman–Crippen LogP) is 3.78. The number of nitrogens with one attached hydrogen (secondary N) is 1. The molecule has 2 heterocycles. The number of hydrogen-bond donors (Lipinski definition) is 1. The van der Waals surface area contributed by atoms with Crippen molar-refractivity contribution in [3.63, 3.8) is 0 Å². The molecule has 6 heteroatoms. The summed E-state index contributed by atoms with van der Waals surface area (Å²) in [6, 6.07) is 13.1. The number of ether oxygens (including phenoxy) is 1. The van der Waals surface area contributed by atoms with E-state index in [9.17, 15) is 9.59 Å². The van der Waals surface area contributed by atoms with Crippen LogP contribution in [0.25, 0.3) is 11.1 Å². The summed E-state index contributed by atoms with van der Waals surface area (Å²) in [6.45, 7) is 0. The minimum Gasteiger partial charge on any atom is -0.465 e. The van der Waals surface area contributed by atoms with Gasteiger partial charge in [-0.05, 0) is 17.2 Å². The van der Waals surface area contributed by atoms with Crippen molar-refractivity contribution in [3.05, 3.63) is 71.4 Å². The van der Waals surface area contributed by atoms with Crippen molar-refractivity contribution >= 4 is 28.2 Å². The molecule has 2 aromatic heterocycles. The lowest BCUT2D eigenvalue weighted by Crippen LogP contribution is -2.16. The van der Waals surface area contributed by atoms with Crippen molar-refractivity contribution in [1.82, 2.24) is 4.98 Å². The number of nitrogens with zero attached hydrogens (tertiary/aromatic N) is 1. The van der Waals surface area contributed by atoms with E-state index < -0.39 is 5.97 Å². The number of anilines is 1. The van der Waals surface area contributed by atoms with Crippen LogP contribution < -0.4 is 5.32 Å². The molecule has 0 unspecified atom stereocenters. The van der Waals surface area contributed by atoms with Crippen molar-refractivity contribution in [2.45, 2.75) is 6.42 Å². The lowest BCUT2D eigenvalue weighted by Gasteiger charge is -2.08. The van der Waals surface area contributed by atoms with Gasteiger partial charge in [-0.25, -0.2) is 4.79 Å². The molecule has 126 valence electrons. The van der Waals surface area contributed by atoms with Crippen molar-refractivity contribution in [3.8, 4) is 11.1 Å². The van der Waals surface area contributed by atoms with Gasteiger partial charge in [0.05, 0.1) is 13.5 Å². The predicted molar refractivity (Wildman–Crippen MR) is 97.7 cm³/mol. The minimum absolute atomic E-state index is 0.188. The molecule has 25 heavy (non-hydrogen) atoms. The van der Waals surface area contributed by atoms with Crippen LogP contribution in [0.3, 0.4) is 0 Å². The number of amides is 1. The van der Waals surface area contributed by atoms with Crippen molar-refractivity contribution < 1.29 is 14.3 Å². The number of carbonyl (C=O) groups excluding carboxylic acids is 2. The van der Waals surface area contributed by atoms with E-state index in [1.54, 1.807) is 18.5 Å². The first-order chi connectivity index (χ1) is 12.2. The average molecular weight is 352 g/mol. The third-order valence-corrected chi connectivity index (χ3v) is 4.50. The van der Waals surface area contributed by atoms with E-state index in [0.717, 1.165) is 16.7 Å². The summed E-state index contributed by atoms with van der Waals surface area (Å²) in [5.74, 6) is -0.684. The highest BCUT2D eigenvalue weighted by Crippen LogP contribution is 2.36. The molecule has 1 N–H and O–H groups in total. The monoisotopic (exact) mass is 352 g/mol. The van der Waals surface area contributed by atoms with E-state index in [1.165, 1.54) is 18.4 Å². The number of esters is 1. The summed E-state index contributed by atoms with van der Waals surface area (Å²) >= 11 is 1.31. The summed E-state index contributed by atoms with van der Waals surface area (Å²) in [7, 11) is 1.33. The molecule has 0 saturated heterocycles. The second kappa shape index (κ2) is 7.72. The number of pyridine rings is 1. The normalized spacial score (nSPS) is 10.3. The molecule has 1 aromatic carbocycles. The van der Waals surface area contributed by atoms with Gasteiger partial charge in [0.2, 0.25) is 5.91 Å². The maximum Gasteiger partial charge on any atom is 0.341 e. The Morgan fingerprint density at radius 3 is 2.64 bits per heavy atom. The molecular weight excluding hydrogens is 336 g/mol. The number of hydrogen-bond acceptors (Lipinski definition) is 5. The zero-order valence-corrected chi connectivity index (χ0v) is 14.4. The fraction of sp³-hybridized carbons (Fsp3) is 0.105. The number of aromatic nitrogens is 1. The summed E-state index contributed by atoms with van der Waals surface area (Å²) in [5.41, 5.74) is 2.82. The lowest BCUT2D eigenvalue weighted by molar-refractivity contribution is -0.115. The van der Waals surface area contributed by atoms with Crippen LogP contribution in [0, 0.1) is 0 Å². The van der Waals surface area contributed by atoms with E-state index in [-0.39, 0.29) is 12.3 Å². The average Bonchev–Trinajstić information content (AvgIpc) is 3.06. The molecule has 0 fully saturated rings. The molecule has 1 amide bonds. The highest BCUT2D eigenvalue weighted by atomic mass is 32.1. The van der Waals surface area contributed by atoms with Gasteiger partial charge >= 0.3 is 5.97 Å². The molecule has 0 aliphatic carbocycles. The molecule has 3 aromatic rings. The summed E-state index contributed by atoms with van der Waals surface area (Å²) in [4.78, 5) is 28.6. The van der Waals surface area contributed by atoms with Crippen LogP contribution in [0.5, 0.6) is 0 Å².